The lowest BCUT2D eigenvalue weighted by molar-refractivity contribution is -0.165. The minimum Gasteiger partial charge on any atom is -0.547 e. The molecule has 1 aliphatic carbocycles. The summed E-state index contributed by atoms with van der Waals surface area (Å²) >= 11 is 0. The molecule has 0 aromatic heterocycles. The van der Waals surface area contributed by atoms with Crippen molar-refractivity contribution in [2.24, 2.45) is 5.41 Å². The maximum atomic E-state index is 13.1. The van der Waals surface area contributed by atoms with E-state index in [0.29, 0.717) is 17.9 Å². The second-order valence-corrected chi connectivity index (χ2v) is 12.4. The number of carbonyl (C=O) groups is 2. The molecule has 0 N–H and O–H groups in total. The van der Waals surface area contributed by atoms with Crippen molar-refractivity contribution in [3.05, 3.63) is 35.6 Å². The maximum Gasteiger partial charge on any atom is 0.328 e. The van der Waals surface area contributed by atoms with Gasteiger partial charge in [-0.15, -0.1) is 0 Å². The third kappa shape index (κ3) is 3.19. The zero-order valence-electron chi connectivity index (χ0n) is 16.6. The molecule has 6 nitrogen and oxygen atoms in total. The second kappa shape index (κ2) is 6.80. The van der Waals surface area contributed by atoms with Crippen molar-refractivity contribution in [2.45, 2.75) is 45.0 Å². The lowest BCUT2D eigenvalue weighted by Gasteiger charge is -2.47. The highest BCUT2D eigenvalue weighted by atomic mass is 28.4. The van der Waals surface area contributed by atoms with Gasteiger partial charge in [0, 0.05) is 31.1 Å². The predicted octanol–water partition coefficient (Wildman–Crippen LogP) is 3.43. The number of carbonyl (C=O) groups excluding carboxylic acids is 2. The van der Waals surface area contributed by atoms with Gasteiger partial charge in [0.1, 0.15) is 17.6 Å². The van der Waals surface area contributed by atoms with Crippen LogP contribution in [0.2, 0.25) is 19.6 Å². The summed E-state index contributed by atoms with van der Waals surface area (Å²) < 4.78 is 22.7. The number of fused-ring (bicyclic) bond motifs is 3. The number of rotatable bonds is 5. The summed E-state index contributed by atoms with van der Waals surface area (Å²) in [7, 11) is 1.19. The van der Waals surface area contributed by atoms with Gasteiger partial charge >= 0.3 is 5.97 Å². The Kier molecular flexibility index (Phi) is 4.94. The highest BCUT2D eigenvalue weighted by Crippen LogP contribution is 2.55. The molecule has 7 heteroatoms. The number of ether oxygens (including phenoxy) is 3. The lowest BCUT2D eigenvalue weighted by Crippen LogP contribution is -2.58. The standard InChI is InChI=1S/C20H26O6Si/c1-12(21)20-16(9-14(11-18(20)24-3)26-27(4,5)6)15-8-7-13(23-2)10-17(15)25-19(20)22/h7-8,10-11,16,18H,9H2,1-6H3/t16-,18-,20+/m0/s1. The first kappa shape index (κ1) is 19.6. The van der Waals surface area contributed by atoms with Gasteiger partial charge in [0.2, 0.25) is 8.32 Å². The van der Waals surface area contributed by atoms with Crippen LogP contribution in [-0.2, 0) is 18.8 Å². The molecule has 1 heterocycles. The SMILES string of the molecule is COc1ccc2c(c1)OC(=O)[C@@]1(C(C)=O)[C@@H](OC)C=C(O[Si](C)(C)C)C[C@@H]21. The van der Waals surface area contributed by atoms with E-state index in [1.165, 1.54) is 14.0 Å². The summed E-state index contributed by atoms with van der Waals surface area (Å²) in [5, 5.41) is 0. The van der Waals surface area contributed by atoms with Crippen molar-refractivity contribution in [2.75, 3.05) is 14.2 Å². The Hall–Kier alpha value is -2.12. The molecule has 0 spiro atoms. The lowest BCUT2D eigenvalue weighted by atomic mass is 9.60. The van der Waals surface area contributed by atoms with Crippen molar-refractivity contribution in [3.8, 4) is 11.5 Å². The Morgan fingerprint density at radius 1 is 1.26 bits per heavy atom. The zero-order valence-corrected chi connectivity index (χ0v) is 17.6. The van der Waals surface area contributed by atoms with Gasteiger partial charge in [0.05, 0.1) is 12.9 Å². The van der Waals surface area contributed by atoms with Crippen molar-refractivity contribution >= 4 is 20.1 Å². The highest BCUT2D eigenvalue weighted by Gasteiger charge is 2.62. The van der Waals surface area contributed by atoms with E-state index in [1.807, 2.05) is 12.1 Å². The number of allylic oxidation sites excluding steroid dienone is 1. The van der Waals surface area contributed by atoms with Crippen molar-refractivity contribution in [1.29, 1.82) is 0 Å². The number of methoxy groups -OCH3 is 2. The summed E-state index contributed by atoms with van der Waals surface area (Å²) in [6.07, 6.45) is 1.47. The predicted molar refractivity (Wildman–Crippen MR) is 102 cm³/mol. The largest absolute Gasteiger partial charge is 0.547 e. The number of benzene rings is 1. The number of ketones is 1. The van der Waals surface area contributed by atoms with E-state index < -0.39 is 31.7 Å². The fourth-order valence-corrected chi connectivity index (χ4v) is 4.99. The van der Waals surface area contributed by atoms with Crippen LogP contribution in [0.4, 0.5) is 0 Å². The van der Waals surface area contributed by atoms with E-state index in [0.717, 1.165) is 11.3 Å². The van der Waals surface area contributed by atoms with Gasteiger partial charge < -0.3 is 18.6 Å². The molecule has 27 heavy (non-hydrogen) atoms. The third-order valence-corrected chi connectivity index (χ3v) is 6.03. The number of esters is 1. The van der Waals surface area contributed by atoms with E-state index in [4.69, 9.17) is 18.6 Å². The van der Waals surface area contributed by atoms with Crippen LogP contribution in [0, 0.1) is 5.41 Å². The normalized spacial score (nSPS) is 27.0. The van der Waals surface area contributed by atoms with Gasteiger partial charge in [0.15, 0.2) is 11.2 Å². The Balaban J connectivity index is 2.18. The molecular weight excluding hydrogens is 364 g/mol. The van der Waals surface area contributed by atoms with E-state index in [9.17, 15) is 9.59 Å². The molecule has 0 fully saturated rings. The molecule has 1 aromatic rings. The summed E-state index contributed by atoms with van der Waals surface area (Å²) in [5.41, 5.74) is -0.625. The highest BCUT2D eigenvalue weighted by molar-refractivity contribution is 6.70. The Labute approximate surface area is 160 Å². The van der Waals surface area contributed by atoms with Crippen molar-refractivity contribution in [1.82, 2.24) is 0 Å². The average Bonchev–Trinajstić information content (AvgIpc) is 2.58. The molecule has 0 amide bonds. The van der Waals surface area contributed by atoms with Crippen LogP contribution in [0.25, 0.3) is 0 Å². The fraction of sp³-hybridized carbons (Fsp3) is 0.500. The first-order valence-corrected chi connectivity index (χ1v) is 12.4. The molecule has 0 bridgehead atoms. The van der Waals surface area contributed by atoms with Crippen LogP contribution in [0.5, 0.6) is 11.5 Å². The smallest absolute Gasteiger partial charge is 0.328 e. The minimum atomic E-state index is -1.86. The van der Waals surface area contributed by atoms with Gasteiger partial charge in [-0.1, -0.05) is 6.07 Å². The first-order chi connectivity index (χ1) is 12.6. The first-order valence-electron chi connectivity index (χ1n) is 8.97. The maximum absolute atomic E-state index is 13.1. The topological polar surface area (TPSA) is 71.1 Å². The molecule has 0 radical (unpaired) electrons. The molecule has 146 valence electrons. The monoisotopic (exact) mass is 390 g/mol. The summed E-state index contributed by atoms with van der Waals surface area (Å²) in [4.78, 5) is 25.9. The Morgan fingerprint density at radius 2 is 1.96 bits per heavy atom. The third-order valence-electron chi connectivity index (χ3n) is 5.15. The van der Waals surface area contributed by atoms with Gasteiger partial charge in [-0.2, -0.15) is 0 Å². The number of Topliss-reactive ketones (excluding diaryl/α,β-unsaturated/α-hetero) is 1. The van der Waals surface area contributed by atoms with Crippen molar-refractivity contribution < 1.29 is 28.2 Å². The molecule has 0 unspecified atom stereocenters. The number of hydrogen-bond donors (Lipinski definition) is 0. The van der Waals surface area contributed by atoms with E-state index in [-0.39, 0.29) is 5.78 Å². The average molecular weight is 391 g/mol. The summed E-state index contributed by atoms with van der Waals surface area (Å²) in [6.45, 7) is 7.70. The number of hydrogen-bond acceptors (Lipinski definition) is 6. The molecule has 0 saturated heterocycles. The van der Waals surface area contributed by atoms with Crippen LogP contribution >= 0.6 is 0 Å². The van der Waals surface area contributed by atoms with E-state index in [1.54, 1.807) is 19.3 Å². The van der Waals surface area contributed by atoms with Crippen LogP contribution in [0.15, 0.2) is 30.0 Å². The molecule has 1 aliphatic heterocycles. The van der Waals surface area contributed by atoms with Crippen LogP contribution < -0.4 is 9.47 Å². The zero-order chi connectivity index (χ0) is 20.0. The summed E-state index contributed by atoms with van der Waals surface area (Å²) in [5.74, 6) is 0.498. The van der Waals surface area contributed by atoms with Gasteiger partial charge in [-0.3, -0.25) is 9.59 Å². The molecular formula is C20H26O6Si. The molecule has 3 atom stereocenters. The Morgan fingerprint density at radius 3 is 2.52 bits per heavy atom. The van der Waals surface area contributed by atoms with Crippen LogP contribution in [-0.4, -0.2) is 40.4 Å². The Bertz CT molecular complexity index is 809. The van der Waals surface area contributed by atoms with Gasteiger partial charge in [-0.25, -0.2) is 0 Å². The fourth-order valence-electron chi connectivity index (χ4n) is 4.06. The van der Waals surface area contributed by atoms with Crippen LogP contribution in [0.3, 0.4) is 0 Å². The minimum absolute atomic E-state index is 0.269. The van der Waals surface area contributed by atoms with E-state index >= 15 is 0 Å². The molecule has 2 aliphatic rings. The second-order valence-electron chi connectivity index (χ2n) is 7.98. The summed E-state index contributed by atoms with van der Waals surface area (Å²) in [6, 6.07) is 5.34. The quantitative estimate of drug-likeness (QED) is 0.332. The molecule has 3 rings (SSSR count). The van der Waals surface area contributed by atoms with Gasteiger partial charge in [0.25, 0.3) is 0 Å². The van der Waals surface area contributed by atoms with E-state index in [2.05, 4.69) is 19.6 Å². The van der Waals surface area contributed by atoms with Gasteiger partial charge in [-0.05, 0) is 38.7 Å². The van der Waals surface area contributed by atoms with Crippen LogP contribution in [0.1, 0.15) is 24.8 Å². The molecule has 0 saturated carbocycles. The van der Waals surface area contributed by atoms with Crippen molar-refractivity contribution in [3.63, 3.8) is 0 Å². The molecule has 1 aromatic carbocycles.